The van der Waals surface area contributed by atoms with Crippen molar-refractivity contribution in [3.8, 4) is 0 Å². The van der Waals surface area contributed by atoms with Crippen LogP contribution in [0, 0.1) is 11.3 Å². The van der Waals surface area contributed by atoms with Crippen LogP contribution in [0.15, 0.2) is 29.2 Å². The van der Waals surface area contributed by atoms with Crippen molar-refractivity contribution in [2.24, 2.45) is 11.3 Å². The largest absolute Gasteiger partial charge is 0.377 e. The van der Waals surface area contributed by atoms with Gasteiger partial charge in [0.15, 0.2) is 9.84 Å². The average Bonchev–Trinajstić information content (AvgIpc) is 3.00. The molecule has 0 radical (unpaired) electrons. The monoisotopic (exact) mass is 394 g/mol. The van der Waals surface area contributed by atoms with Gasteiger partial charge < -0.3 is 15.0 Å². The Morgan fingerprint density at radius 3 is 2.59 bits per heavy atom. The second kappa shape index (κ2) is 7.53. The number of anilines is 1. The SMILES string of the molecule is CC(=O)Nc1ccc(S(=O)(=O)CCCN(C)[C@@H]2[C@H]3CCO[C@@H]3C2(C)C)cc1. The standard InChI is InChI=1S/C20H30N2O4S/c1-14(23)21-15-6-8-16(9-7-15)27(24,25)13-5-11-22(4)18-17-10-12-26-19(17)20(18,2)3/h6-9,17-19H,5,10-13H2,1-4H3,(H,21,23)/t17-,18-,19+/m1/s1. The van der Waals surface area contributed by atoms with Gasteiger partial charge in [0.05, 0.1) is 16.8 Å². The van der Waals surface area contributed by atoms with Gasteiger partial charge in [-0.2, -0.15) is 0 Å². The molecule has 1 aliphatic carbocycles. The maximum Gasteiger partial charge on any atom is 0.221 e. The summed E-state index contributed by atoms with van der Waals surface area (Å²) >= 11 is 0. The first-order valence-corrected chi connectivity index (χ1v) is 11.2. The van der Waals surface area contributed by atoms with E-state index in [9.17, 15) is 13.2 Å². The fourth-order valence-corrected chi connectivity index (χ4v) is 6.20. The molecular weight excluding hydrogens is 364 g/mol. The molecule has 0 spiro atoms. The summed E-state index contributed by atoms with van der Waals surface area (Å²) in [7, 11) is -1.23. The van der Waals surface area contributed by atoms with Gasteiger partial charge in [-0.1, -0.05) is 13.8 Å². The van der Waals surface area contributed by atoms with Crippen LogP contribution in [0.4, 0.5) is 5.69 Å². The molecule has 1 aromatic carbocycles. The fraction of sp³-hybridized carbons (Fsp3) is 0.650. The third kappa shape index (κ3) is 4.05. The van der Waals surface area contributed by atoms with Gasteiger partial charge in [0, 0.05) is 36.6 Å². The molecule has 0 bridgehead atoms. The van der Waals surface area contributed by atoms with E-state index in [2.05, 4.69) is 31.1 Å². The lowest BCUT2D eigenvalue weighted by Crippen LogP contribution is -2.66. The highest BCUT2D eigenvalue weighted by molar-refractivity contribution is 7.91. The second-order valence-electron chi connectivity index (χ2n) is 8.37. The summed E-state index contributed by atoms with van der Waals surface area (Å²) in [6.07, 6.45) is 2.04. The highest BCUT2D eigenvalue weighted by Gasteiger charge is 2.60. The molecule has 0 aromatic heterocycles. The van der Waals surface area contributed by atoms with E-state index in [0.717, 1.165) is 19.6 Å². The van der Waals surface area contributed by atoms with Gasteiger partial charge in [-0.05, 0) is 50.7 Å². The van der Waals surface area contributed by atoms with Gasteiger partial charge in [-0.15, -0.1) is 0 Å². The molecule has 1 heterocycles. The highest BCUT2D eigenvalue weighted by atomic mass is 32.2. The number of carbonyl (C=O) groups excluding carboxylic acids is 1. The van der Waals surface area contributed by atoms with E-state index in [-0.39, 0.29) is 17.1 Å². The predicted octanol–water partition coefficient (Wildman–Crippen LogP) is 2.55. The minimum atomic E-state index is -3.33. The maximum atomic E-state index is 12.6. The molecule has 6 nitrogen and oxygen atoms in total. The number of hydrogen-bond donors (Lipinski definition) is 1. The Kier molecular flexibility index (Phi) is 5.66. The van der Waals surface area contributed by atoms with Crippen molar-refractivity contribution in [1.82, 2.24) is 4.90 Å². The van der Waals surface area contributed by atoms with Crippen LogP contribution in [0.25, 0.3) is 0 Å². The van der Waals surface area contributed by atoms with E-state index < -0.39 is 9.84 Å². The number of ether oxygens (including phenoxy) is 1. The number of sulfone groups is 1. The molecule has 3 rings (SSSR count). The van der Waals surface area contributed by atoms with Gasteiger partial charge in [0.1, 0.15) is 0 Å². The van der Waals surface area contributed by atoms with Gasteiger partial charge in [-0.3, -0.25) is 4.79 Å². The zero-order chi connectivity index (χ0) is 19.8. The van der Waals surface area contributed by atoms with E-state index in [1.54, 1.807) is 24.3 Å². The number of hydrogen-bond acceptors (Lipinski definition) is 5. The van der Waals surface area contributed by atoms with Crippen molar-refractivity contribution < 1.29 is 17.9 Å². The van der Waals surface area contributed by atoms with Crippen LogP contribution < -0.4 is 5.32 Å². The zero-order valence-corrected chi connectivity index (χ0v) is 17.4. The van der Waals surface area contributed by atoms with Crippen molar-refractivity contribution >= 4 is 21.4 Å². The summed E-state index contributed by atoms with van der Waals surface area (Å²) in [6.45, 7) is 7.50. The average molecular weight is 395 g/mol. The van der Waals surface area contributed by atoms with E-state index in [0.29, 0.717) is 35.1 Å². The Bertz CT molecular complexity index is 789. The first-order chi connectivity index (χ1) is 12.6. The Labute approximate surface area is 162 Å². The molecule has 2 aliphatic rings. The Morgan fingerprint density at radius 1 is 1.30 bits per heavy atom. The summed E-state index contributed by atoms with van der Waals surface area (Å²) in [6, 6.07) is 6.80. The molecule has 1 aromatic rings. The predicted molar refractivity (Wildman–Crippen MR) is 105 cm³/mol. The maximum absolute atomic E-state index is 12.6. The molecule has 1 saturated carbocycles. The van der Waals surface area contributed by atoms with E-state index in [1.807, 2.05) is 0 Å². The number of amides is 1. The molecular formula is C20H30N2O4S. The molecule has 2 fully saturated rings. The molecule has 1 amide bonds. The van der Waals surface area contributed by atoms with Gasteiger partial charge in [0.25, 0.3) is 0 Å². The van der Waals surface area contributed by atoms with Crippen LogP contribution >= 0.6 is 0 Å². The number of fused-ring (bicyclic) bond motifs is 1. The smallest absolute Gasteiger partial charge is 0.221 e. The van der Waals surface area contributed by atoms with E-state index in [4.69, 9.17) is 4.74 Å². The molecule has 3 atom stereocenters. The van der Waals surface area contributed by atoms with Crippen molar-refractivity contribution in [2.45, 2.75) is 50.7 Å². The number of rotatable bonds is 7. The molecule has 1 aliphatic heterocycles. The van der Waals surface area contributed by atoms with Crippen molar-refractivity contribution in [3.63, 3.8) is 0 Å². The van der Waals surface area contributed by atoms with Crippen LogP contribution in [-0.2, 0) is 19.4 Å². The van der Waals surface area contributed by atoms with Gasteiger partial charge >= 0.3 is 0 Å². The molecule has 7 heteroatoms. The van der Waals surface area contributed by atoms with Crippen LogP contribution in [0.2, 0.25) is 0 Å². The molecule has 0 unspecified atom stereocenters. The third-order valence-electron chi connectivity index (χ3n) is 5.97. The molecule has 27 heavy (non-hydrogen) atoms. The highest BCUT2D eigenvalue weighted by Crippen LogP contribution is 2.54. The molecule has 150 valence electrons. The summed E-state index contributed by atoms with van der Waals surface area (Å²) in [5, 5.41) is 2.64. The topological polar surface area (TPSA) is 75.7 Å². The summed E-state index contributed by atoms with van der Waals surface area (Å²) in [5.41, 5.74) is 0.718. The van der Waals surface area contributed by atoms with Crippen LogP contribution in [0.1, 0.15) is 33.6 Å². The third-order valence-corrected chi connectivity index (χ3v) is 7.79. The number of carbonyl (C=O) groups is 1. The van der Waals surface area contributed by atoms with Crippen molar-refractivity contribution in [1.29, 1.82) is 0 Å². The van der Waals surface area contributed by atoms with Crippen LogP contribution in [-0.4, -0.2) is 57.3 Å². The van der Waals surface area contributed by atoms with Crippen LogP contribution in [0.3, 0.4) is 0 Å². The normalized spacial score (nSPS) is 26.5. The first kappa shape index (κ1) is 20.3. The van der Waals surface area contributed by atoms with E-state index >= 15 is 0 Å². The number of nitrogens with zero attached hydrogens (tertiary/aromatic N) is 1. The summed E-state index contributed by atoms with van der Waals surface area (Å²) in [4.78, 5) is 13.7. The molecule has 1 N–H and O–H groups in total. The zero-order valence-electron chi connectivity index (χ0n) is 16.6. The van der Waals surface area contributed by atoms with E-state index in [1.165, 1.54) is 6.92 Å². The Balaban J connectivity index is 1.54. The quantitative estimate of drug-likeness (QED) is 0.769. The number of nitrogens with one attached hydrogen (secondary N) is 1. The van der Waals surface area contributed by atoms with Gasteiger partial charge in [-0.25, -0.2) is 8.42 Å². The fourth-order valence-electron chi connectivity index (χ4n) is 4.90. The van der Waals surface area contributed by atoms with Gasteiger partial charge in [0.2, 0.25) is 5.91 Å². The minimum Gasteiger partial charge on any atom is -0.377 e. The Hall–Kier alpha value is -1.44. The molecule has 1 saturated heterocycles. The number of benzene rings is 1. The lowest BCUT2D eigenvalue weighted by Gasteiger charge is -2.58. The van der Waals surface area contributed by atoms with Crippen LogP contribution in [0.5, 0.6) is 0 Å². The second-order valence-corrected chi connectivity index (χ2v) is 10.5. The lowest BCUT2D eigenvalue weighted by atomic mass is 9.57. The minimum absolute atomic E-state index is 0.119. The Morgan fingerprint density at radius 2 is 1.96 bits per heavy atom. The summed E-state index contributed by atoms with van der Waals surface area (Å²) < 4.78 is 31.0. The summed E-state index contributed by atoms with van der Waals surface area (Å²) in [5.74, 6) is 0.513. The van der Waals surface area contributed by atoms with Crippen molar-refractivity contribution in [3.05, 3.63) is 24.3 Å². The van der Waals surface area contributed by atoms with Crippen molar-refractivity contribution in [2.75, 3.05) is 31.3 Å². The first-order valence-electron chi connectivity index (χ1n) is 9.55. The lowest BCUT2D eigenvalue weighted by molar-refractivity contribution is -0.149.